The Bertz CT molecular complexity index is 824. The van der Waals surface area contributed by atoms with Gasteiger partial charge in [-0.15, -0.1) is 0 Å². The summed E-state index contributed by atoms with van der Waals surface area (Å²) in [6.07, 6.45) is 8.06. The van der Waals surface area contributed by atoms with Gasteiger partial charge in [0.2, 0.25) is 17.7 Å². The lowest BCUT2D eigenvalue weighted by Gasteiger charge is -2.39. The SMILES string of the molecule is CC[C@@]12C=CCN(C)C(=O)[C@@H]1[C@H]1C(=O)N(CCO)C3C(=O)N(C(C)C)CC=C[C@@]31O2. The van der Waals surface area contributed by atoms with Crippen LogP contribution in [0.5, 0.6) is 0 Å². The average molecular weight is 418 g/mol. The molecule has 1 unspecified atom stereocenters. The summed E-state index contributed by atoms with van der Waals surface area (Å²) in [7, 11) is 1.72. The first kappa shape index (κ1) is 21.1. The van der Waals surface area contributed by atoms with Crippen molar-refractivity contribution in [3.63, 3.8) is 0 Å². The molecule has 4 rings (SSSR count). The van der Waals surface area contributed by atoms with E-state index in [9.17, 15) is 19.5 Å². The minimum absolute atomic E-state index is 0.0301. The molecule has 0 aromatic carbocycles. The predicted molar refractivity (Wildman–Crippen MR) is 109 cm³/mol. The summed E-state index contributed by atoms with van der Waals surface area (Å²) in [5.41, 5.74) is -2.17. The largest absolute Gasteiger partial charge is 0.395 e. The van der Waals surface area contributed by atoms with Gasteiger partial charge in [-0.25, -0.2) is 0 Å². The van der Waals surface area contributed by atoms with Crippen molar-refractivity contribution in [2.75, 3.05) is 33.3 Å². The van der Waals surface area contributed by atoms with Gasteiger partial charge in [0.1, 0.15) is 11.6 Å². The first-order chi connectivity index (χ1) is 14.2. The molecule has 5 atom stereocenters. The fraction of sp³-hybridized carbons (Fsp3) is 0.682. The predicted octanol–water partition coefficient (Wildman–Crippen LogP) is 0.175. The number of fused-ring (bicyclic) bond motifs is 2. The maximum Gasteiger partial charge on any atom is 0.249 e. The number of β-amino-alcohol motifs (C(OH)–C–C–N with tert-alkyl or cyclic N) is 1. The highest BCUT2D eigenvalue weighted by Crippen LogP contribution is 2.58. The fourth-order valence-corrected chi connectivity index (χ4v) is 5.71. The molecule has 30 heavy (non-hydrogen) atoms. The van der Waals surface area contributed by atoms with E-state index in [0.717, 1.165) is 0 Å². The van der Waals surface area contributed by atoms with Gasteiger partial charge in [-0.1, -0.05) is 31.2 Å². The number of carbonyl (C=O) groups excluding carboxylic acids is 3. The zero-order valence-electron chi connectivity index (χ0n) is 18.1. The number of aliphatic hydroxyl groups excluding tert-OH is 1. The monoisotopic (exact) mass is 417 g/mol. The van der Waals surface area contributed by atoms with Crippen LogP contribution in [0.25, 0.3) is 0 Å². The van der Waals surface area contributed by atoms with Gasteiger partial charge in [0.05, 0.1) is 24.0 Å². The maximum atomic E-state index is 13.7. The van der Waals surface area contributed by atoms with Crippen LogP contribution in [0.4, 0.5) is 0 Å². The molecule has 0 radical (unpaired) electrons. The van der Waals surface area contributed by atoms with E-state index >= 15 is 0 Å². The summed E-state index contributed by atoms with van der Waals surface area (Å²) in [6, 6.07) is -0.952. The number of rotatable bonds is 4. The Hall–Kier alpha value is -2.19. The van der Waals surface area contributed by atoms with Crippen LogP contribution in [0, 0.1) is 11.8 Å². The van der Waals surface area contributed by atoms with Gasteiger partial charge in [-0.05, 0) is 20.3 Å². The van der Waals surface area contributed by atoms with Crippen LogP contribution < -0.4 is 0 Å². The van der Waals surface area contributed by atoms with E-state index in [1.54, 1.807) is 16.8 Å². The average Bonchev–Trinajstić information content (AvgIpc) is 2.99. The molecule has 1 spiro atoms. The summed E-state index contributed by atoms with van der Waals surface area (Å²) < 4.78 is 6.73. The number of ether oxygens (including phenoxy) is 1. The molecule has 2 fully saturated rings. The summed E-state index contributed by atoms with van der Waals surface area (Å²) in [5.74, 6) is -2.17. The molecule has 4 heterocycles. The Morgan fingerprint density at radius 2 is 1.80 bits per heavy atom. The van der Waals surface area contributed by atoms with Gasteiger partial charge in [-0.2, -0.15) is 0 Å². The first-order valence-electron chi connectivity index (χ1n) is 10.8. The second-order valence-electron chi connectivity index (χ2n) is 8.99. The molecule has 8 nitrogen and oxygen atoms in total. The maximum absolute atomic E-state index is 13.7. The molecule has 4 aliphatic heterocycles. The molecule has 164 valence electrons. The van der Waals surface area contributed by atoms with Crippen molar-refractivity contribution >= 4 is 17.7 Å². The van der Waals surface area contributed by atoms with E-state index in [-0.39, 0.29) is 36.9 Å². The standard InChI is InChI=1S/C22H31N3O5/c1-5-21-8-6-10-23(4)18(27)15(21)16-19(28)25(12-13-26)17-20(29)24(14(2)3)11-7-9-22(16,17)30-21/h6-9,14-17,26H,5,10-13H2,1-4H3/t15-,16-,17?,21+,22-/m0/s1. The van der Waals surface area contributed by atoms with Gasteiger partial charge in [0, 0.05) is 32.7 Å². The Labute approximate surface area is 177 Å². The lowest BCUT2D eigenvalue weighted by Crippen LogP contribution is -2.57. The molecule has 0 aromatic heterocycles. The number of amides is 3. The smallest absolute Gasteiger partial charge is 0.249 e. The van der Waals surface area contributed by atoms with Crippen molar-refractivity contribution < 1.29 is 24.2 Å². The zero-order valence-corrected chi connectivity index (χ0v) is 18.1. The molecule has 8 heteroatoms. The van der Waals surface area contributed by atoms with Crippen molar-refractivity contribution in [2.45, 2.75) is 50.5 Å². The van der Waals surface area contributed by atoms with E-state index in [4.69, 9.17) is 4.74 Å². The highest BCUT2D eigenvalue weighted by atomic mass is 16.5. The van der Waals surface area contributed by atoms with Crippen LogP contribution in [0.2, 0.25) is 0 Å². The van der Waals surface area contributed by atoms with Crippen LogP contribution in [-0.4, -0.2) is 94.1 Å². The van der Waals surface area contributed by atoms with Crippen LogP contribution in [0.3, 0.4) is 0 Å². The van der Waals surface area contributed by atoms with Gasteiger partial charge in [0.25, 0.3) is 0 Å². The summed E-state index contributed by atoms with van der Waals surface area (Å²) in [5, 5.41) is 9.63. The second kappa shape index (κ2) is 7.20. The normalized spacial score (nSPS) is 38.1. The van der Waals surface area contributed by atoms with Gasteiger partial charge < -0.3 is 24.5 Å². The molecule has 0 saturated carbocycles. The molecule has 0 aromatic rings. The number of likely N-dealkylation sites (N-methyl/N-ethyl adjacent to an activating group) is 1. The van der Waals surface area contributed by atoms with E-state index in [2.05, 4.69) is 0 Å². The molecular weight excluding hydrogens is 386 g/mol. The van der Waals surface area contributed by atoms with Crippen LogP contribution >= 0.6 is 0 Å². The second-order valence-corrected chi connectivity index (χ2v) is 8.99. The van der Waals surface area contributed by atoms with Crippen molar-refractivity contribution in [3.8, 4) is 0 Å². The van der Waals surface area contributed by atoms with Gasteiger partial charge in [-0.3, -0.25) is 14.4 Å². The van der Waals surface area contributed by atoms with Crippen LogP contribution in [-0.2, 0) is 19.1 Å². The fourth-order valence-electron chi connectivity index (χ4n) is 5.71. The van der Waals surface area contributed by atoms with Crippen LogP contribution in [0.1, 0.15) is 27.2 Å². The number of carbonyl (C=O) groups is 3. The van der Waals surface area contributed by atoms with Gasteiger partial charge in [0.15, 0.2) is 0 Å². The number of nitrogens with zero attached hydrogens (tertiary/aromatic N) is 3. The third kappa shape index (κ3) is 2.62. The molecule has 0 aliphatic carbocycles. The summed E-state index contributed by atoms with van der Waals surface area (Å²) >= 11 is 0. The molecule has 1 N–H and O–H groups in total. The van der Waals surface area contributed by atoms with Crippen molar-refractivity contribution in [2.24, 2.45) is 11.8 Å². The zero-order chi connectivity index (χ0) is 21.8. The topological polar surface area (TPSA) is 90.4 Å². The molecule has 3 amide bonds. The number of aliphatic hydroxyl groups is 1. The van der Waals surface area contributed by atoms with E-state index in [1.807, 2.05) is 45.1 Å². The highest BCUT2D eigenvalue weighted by Gasteiger charge is 2.75. The molecule has 4 aliphatic rings. The lowest BCUT2D eigenvalue weighted by atomic mass is 9.73. The van der Waals surface area contributed by atoms with E-state index in [0.29, 0.717) is 19.5 Å². The van der Waals surface area contributed by atoms with Crippen LogP contribution in [0.15, 0.2) is 24.3 Å². The highest BCUT2D eigenvalue weighted by molar-refractivity contribution is 6.00. The van der Waals surface area contributed by atoms with Crippen molar-refractivity contribution in [1.82, 2.24) is 14.7 Å². The van der Waals surface area contributed by atoms with Crippen molar-refractivity contribution in [1.29, 1.82) is 0 Å². The third-order valence-corrected chi connectivity index (χ3v) is 7.14. The molecular formula is C22H31N3O5. The minimum Gasteiger partial charge on any atom is -0.395 e. The Morgan fingerprint density at radius 1 is 1.10 bits per heavy atom. The minimum atomic E-state index is -1.23. The first-order valence-corrected chi connectivity index (χ1v) is 10.8. The Morgan fingerprint density at radius 3 is 2.43 bits per heavy atom. The van der Waals surface area contributed by atoms with Gasteiger partial charge >= 0.3 is 0 Å². The van der Waals surface area contributed by atoms with E-state index < -0.39 is 29.1 Å². The lowest BCUT2D eigenvalue weighted by molar-refractivity contribution is -0.155. The van der Waals surface area contributed by atoms with Crippen molar-refractivity contribution in [3.05, 3.63) is 24.3 Å². The Kier molecular flexibility index (Phi) is 5.05. The quantitative estimate of drug-likeness (QED) is 0.659. The molecule has 2 saturated heterocycles. The third-order valence-electron chi connectivity index (χ3n) is 7.14. The summed E-state index contributed by atoms with van der Waals surface area (Å²) in [6.45, 7) is 6.45. The Balaban J connectivity index is 1.92. The summed E-state index contributed by atoms with van der Waals surface area (Å²) in [4.78, 5) is 45.5. The number of likely N-dealkylation sites (tertiary alicyclic amines) is 1. The van der Waals surface area contributed by atoms with E-state index in [1.165, 1.54) is 4.90 Å². The number of hydrogen-bond acceptors (Lipinski definition) is 5. The molecule has 0 bridgehead atoms. The number of hydrogen-bond donors (Lipinski definition) is 1.